The lowest BCUT2D eigenvalue weighted by molar-refractivity contribution is -0.113. The van der Waals surface area contributed by atoms with Crippen LogP contribution in [0.25, 0.3) is 0 Å². The summed E-state index contributed by atoms with van der Waals surface area (Å²) >= 11 is 13.2. The Morgan fingerprint density at radius 3 is 2.45 bits per heavy atom. The van der Waals surface area contributed by atoms with Crippen LogP contribution in [0.5, 0.6) is 0 Å². The number of anilines is 1. The van der Waals surface area contributed by atoms with E-state index in [0.717, 1.165) is 5.56 Å². The number of carbonyl (C=O) groups is 2. The zero-order valence-electron chi connectivity index (χ0n) is 18.1. The zero-order valence-corrected chi connectivity index (χ0v) is 20.5. The van der Waals surface area contributed by atoms with Gasteiger partial charge in [0.15, 0.2) is 11.0 Å². The summed E-state index contributed by atoms with van der Waals surface area (Å²) in [6.45, 7) is 8.01. The summed E-state index contributed by atoms with van der Waals surface area (Å²) in [5.74, 6) is 0.224. The second kappa shape index (κ2) is 11.4. The Bertz CT molecular complexity index is 1140. The van der Waals surface area contributed by atoms with Gasteiger partial charge in [-0.05, 0) is 44.2 Å². The molecule has 0 saturated heterocycles. The number of amides is 2. The van der Waals surface area contributed by atoms with Crippen LogP contribution in [-0.4, -0.2) is 32.3 Å². The first-order chi connectivity index (χ1) is 15.8. The fourth-order valence-corrected chi connectivity index (χ4v) is 4.31. The maximum atomic E-state index is 12.6. The average Bonchev–Trinajstić information content (AvgIpc) is 3.15. The first kappa shape index (κ1) is 24.8. The third-order valence-corrected chi connectivity index (χ3v) is 5.99. The van der Waals surface area contributed by atoms with Crippen LogP contribution >= 0.6 is 35.0 Å². The van der Waals surface area contributed by atoms with Crippen LogP contribution in [0.3, 0.4) is 0 Å². The van der Waals surface area contributed by atoms with E-state index in [4.69, 9.17) is 23.2 Å². The fraction of sp³-hybridized carbons (Fsp3) is 0.217. The highest BCUT2D eigenvalue weighted by Crippen LogP contribution is 2.24. The summed E-state index contributed by atoms with van der Waals surface area (Å²) in [4.78, 5) is 25.0. The third kappa shape index (κ3) is 6.83. The Morgan fingerprint density at radius 1 is 1.15 bits per heavy atom. The SMILES string of the molecule is C=CCn1c(SCC(=O)Nc2cc(Cl)cc(Cl)c2)nnc1[C@H](C)NC(=O)c1ccc(C)cc1. The predicted molar refractivity (Wildman–Crippen MR) is 133 cm³/mol. The molecular formula is C23H23Cl2N5O2S. The van der Waals surface area contributed by atoms with E-state index in [1.54, 1.807) is 36.4 Å². The van der Waals surface area contributed by atoms with E-state index in [1.165, 1.54) is 11.8 Å². The van der Waals surface area contributed by atoms with E-state index < -0.39 is 6.04 Å². The molecule has 0 fully saturated rings. The summed E-state index contributed by atoms with van der Waals surface area (Å²) in [6, 6.07) is 11.7. The summed E-state index contributed by atoms with van der Waals surface area (Å²) < 4.78 is 1.82. The Labute approximate surface area is 206 Å². The lowest BCUT2D eigenvalue weighted by atomic mass is 10.1. The number of thioether (sulfide) groups is 1. The van der Waals surface area contributed by atoms with Gasteiger partial charge in [0.1, 0.15) is 0 Å². The van der Waals surface area contributed by atoms with Gasteiger partial charge in [-0.1, -0.05) is 58.7 Å². The second-order valence-corrected chi connectivity index (χ2v) is 9.11. The molecule has 1 heterocycles. The number of benzene rings is 2. The quantitative estimate of drug-likeness (QED) is 0.305. The van der Waals surface area contributed by atoms with Gasteiger partial charge < -0.3 is 15.2 Å². The van der Waals surface area contributed by atoms with Gasteiger partial charge in [0.05, 0.1) is 11.8 Å². The molecule has 7 nitrogen and oxygen atoms in total. The monoisotopic (exact) mass is 503 g/mol. The van der Waals surface area contributed by atoms with E-state index in [-0.39, 0.29) is 17.6 Å². The van der Waals surface area contributed by atoms with E-state index in [1.807, 2.05) is 30.5 Å². The summed E-state index contributed by atoms with van der Waals surface area (Å²) in [6.07, 6.45) is 1.71. The Morgan fingerprint density at radius 2 is 1.82 bits per heavy atom. The van der Waals surface area contributed by atoms with Crippen molar-refractivity contribution >= 4 is 52.5 Å². The molecule has 0 unspecified atom stereocenters. The van der Waals surface area contributed by atoms with Crippen molar-refractivity contribution < 1.29 is 9.59 Å². The number of rotatable bonds is 9. The molecule has 3 aromatic rings. The summed E-state index contributed by atoms with van der Waals surface area (Å²) in [7, 11) is 0. The molecule has 33 heavy (non-hydrogen) atoms. The fourth-order valence-electron chi connectivity index (χ4n) is 3.03. The van der Waals surface area contributed by atoms with Crippen molar-refractivity contribution in [1.29, 1.82) is 0 Å². The zero-order chi connectivity index (χ0) is 24.0. The molecule has 2 aromatic carbocycles. The van der Waals surface area contributed by atoms with Gasteiger partial charge in [-0.3, -0.25) is 9.59 Å². The van der Waals surface area contributed by atoms with Crippen molar-refractivity contribution in [2.45, 2.75) is 31.6 Å². The molecular weight excluding hydrogens is 481 g/mol. The molecule has 0 aliphatic carbocycles. The molecule has 3 rings (SSSR count). The molecule has 2 N–H and O–H groups in total. The Hall–Kier alpha value is -2.81. The van der Waals surface area contributed by atoms with Gasteiger partial charge in [0.2, 0.25) is 5.91 Å². The molecule has 172 valence electrons. The number of nitrogens with one attached hydrogen (secondary N) is 2. The maximum absolute atomic E-state index is 12.6. The number of hydrogen-bond acceptors (Lipinski definition) is 5. The number of hydrogen-bond donors (Lipinski definition) is 2. The highest BCUT2D eigenvalue weighted by Gasteiger charge is 2.20. The number of allylic oxidation sites excluding steroid dienone is 1. The van der Waals surface area contributed by atoms with E-state index in [0.29, 0.717) is 38.8 Å². The maximum Gasteiger partial charge on any atom is 0.251 e. The number of halogens is 2. The minimum absolute atomic E-state index is 0.101. The third-order valence-electron chi connectivity index (χ3n) is 4.58. The minimum Gasteiger partial charge on any atom is -0.342 e. The van der Waals surface area contributed by atoms with Crippen molar-refractivity contribution in [3.05, 3.63) is 82.1 Å². The van der Waals surface area contributed by atoms with Crippen LogP contribution in [0.15, 0.2) is 60.3 Å². The molecule has 0 radical (unpaired) electrons. The number of carbonyl (C=O) groups excluding carboxylic acids is 2. The van der Waals surface area contributed by atoms with Gasteiger partial charge in [0, 0.05) is 27.8 Å². The van der Waals surface area contributed by atoms with Crippen LogP contribution in [0.2, 0.25) is 10.0 Å². The largest absolute Gasteiger partial charge is 0.342 e. The van der Waals surface area contributed by atoms with Crippen LogP contribution in [-0.2, 0) is 11.3 Å². The summed E-state index contributed by atoms with van der Waals surface area (Å²) in [5, 5.41) is 15.6. The molecule has 1 atom stereocenters. The van der Waals surface area contributed by atoms with Gasteiger partial charge in [-0.2, -0.15) is 0 Å². The normalized spacial score (nSPS) is 11.6. The predicted octanol–water partition coefficient (Wildman–Crippen LogP) is 5.30. The lowest BCUT2D eigenvalue weighted by Crippen LogP contribution is -2.28. The van der Waals surface area contributed by atoms with Gasteiger partial charge >= 0.3 is 0 Å². The summed E-state index contributed by atoms with van der Waals surface area (Å²) in [5.41, 5.74) is 2.16. The standard InChI is InChI=1S/C23H23Cl2N5O2S/c1-4-9-30-21(15(3)26-22(32)16-7-5-14(2)6-8-16)28-29-23(30)33-13-20(31)27-19-11-17(24)10-18(25)12-19/h4-8,10-12,15H,1,9,13H2,2-3H3,(H,26,32)(H,27,31)/t15-/m0/s1. The van der Waals surface area contributed by atoms with Crippen LogP contribution in [0.4, 0.5) is 5.69 Å². The first-order valence-corrected chi connectivity index (χ1v) is 11.8. The topological polar surface area (TPSA) is 88.9 Å². The van der Waals surface area contributed by atoms with Crippen molar-refractivity contribution in [1.82, 2.24) is 20.1 Å². The second-order valence-electron chi connectivity index (χ2n) is 7.30. The molecule has 0 bridgehead atoms. The number of aromatic nitrogens is 3. The minimum atomic E-state index is -0.400. The van der Waals surface area contributed by atoms with Crippen LogP contribution < -0.4 is 10.6 Å². The first-order valence-electron chi connectivity index (χ1n) is 10.1. The Balaban J connectivity index is 1.66. The molecule has 0 spiro atoms. The lowest BCUT2D eigenvalue weighted by Gasteiger charge is -2.15. The van der Waals surface area contributed by atoms with Gasteiger partial charge in [-0.15, -0.1) is 16.8 Å². The number of nitrogens with zero attached hydrogens (tertiary/aromatic N) is 3. The van der Waals surface area contributed by atoms with Gasteiger partial charge in [-0.25, -0.2) is 0 Å². The highest BCUT2D eigenvalue weighted by molar-refractivity contribution is 7.99. The average molecular weight is 504 g/mol. The molecule has 0 aliphatic rings. The van der Waals surface area contributed by atoms with Gasteiger partial charge in [0.25, 0.3) is 5.91 Å². The van der Waals surface area contributed by atoms with Crippen LogP contribution in [0, 0.1) is 6.92 Å². The van der Waals surface area contributed by atoms with Crippen LogP contribution in [0.1, 0.15) is 34.7 Å². The molecule has 2 amide bonds. The van der Waals surface area contributed by atoms with E-state index in [9.17, 15) is 9.59 Å². The smallest absolute Gasteiger partial charge is 0.251 e. The van der Waals surface area contributed by atoms with Crippen molar-refractivity contribution in [2.24, 2.45) is 0 Å². The molecule has 10 heteroatoms. The van der Waals surface area contributed by atoms with Crippen molar-refractivity contribution in [3.8, 4) is 0 Å². The molecule has 1 aromatic heterocycles. The van der Waals surface area contributed by atoms with Crippen molar-refractivity contribution in [2.75, 3.05) is 11.1 Å². The van der Waals surface area contributed by atoms with E-state index >= 15 is 0 Å². The highest BCUT2D eigenvalue weighted by atomic mass is 35.5. The Kier molecular flexibility index (Phi) is 8.55. The van der Waals surface area contributed by atoms with Crippen molar-refractivity contribution in [3.63, 3.8) is 0 Å². The van der Waals surface area contributed by atoms with E-state index in [2.05, 4.69) is 27.4 Å². The molecule has 0 aliphatic heterocycles. The molecule has 0 saturated carbocycles. The number of aryl methyl sites for hydroxylation is 1.